The Balaban J connectivity index is 2.35. The van der Waals surface area contributed by atoms with Crippen LogP contribution in [0.2, 0.25) is 0 Å². The summed E-state index contributed by atoms with van der Waals surface area (Å²) >= 11 is 0. The molecule has 0 aliphatic heterocycles. The highest BCUT2D eigenvalue weighted by molar-refractivity contribution is 5.35. The summed E-state index contributed by atoms with van der Waals surface area (Å²) in [5.41, 5.74) is 4.07. The van der Waals surface area contributed by atoms with E-state index in [1.165, 1.54) is 5.56 Å². The highest BCUT2D eigenvalue weighted by Crippen LogP contribution is 2.12. The van der Waals surface area contributed by atoms with Gasteiger partial charge in [-0.3, -0.25) is 9.89 Å². The van der Waals surface area contributed by atoms with E-state index in [1.54, 1.807) is 4.68 Å². The Hall–Kier alpha value is -1.77. The number of rotatable bonds is 4. The van der Waals surface area contributed by atoms with Crippen LogP contribution in [0.3, 0.4) is 0 Å². The van der Waals surface area contributed by atoms with Crippen molar-refractivity contribution in [2.75, 3.05) is 0 Å². The summed E-state index contributed by atoms with van der Waals surface area (Å²) in [5.74, 6) is 0.613. The standard InChI is InChI=1S/C16H22N2O/c1-11(2)5-10-15-13(4)17-18(16(15)19)14-8-6-12(3)7-9-14/h6-9,11,17H,5,10H2,1-4H3. The van der Waals surface area contributed by atoms with Crippen LogP contribution in [0.25, 0.3) is 5.69 Å². The predicted octanol–water partition coefficient (Wildman–Crippen LogP) is 3.37. The number of benzene rings is 1. The van der Waals surface area contributed by atoms with Crippen LogP contribution in [-0.2, 0) is 6.42 Å². The lowest BCUT2D eigenvalue weighted by atomic mass is 10.0. The van der Waals surface area contributed by atoms with Crippen molar-refractivity contribution in [2.24, 2.45) is 5.92 Å². The van der Waals surface area contributed by atoms with Crippen LogP contribution in [0.15, 0.2) is 29.1 Å². The van der Waals surface area contributed by atoms with Gasteiger partial charge in [0.2, 0.25) is 0 Å². The normalized spacial score (nSPS) is 11.2. The SMILES string of the molecule is Cc1ccc(-n2[nH]c(C)c(CCC(C)C)c2=O)cc1. The molecule has 1 aromatic heterocycles. The summed E-state index contributed by atoms with van der Waals surface area (Å²) in [4.78, 5) is 12.4. The first kappa shape index (κ1) is 13.7. The van der Waals surface area contributed by atoms with Crippen molar-refractivity contribution in [1.29, 1.82) is 0 Å². The highest BCUT2D eigenvalue weighted by atomic mass is 16.1. The Morgan fingerprint density at radius 3 is 2.37 bits per heavy atom. The lowest BCUT2D eigenvalue weighted by Gasteiger charge is -2.02. The lowest BCUT2D eigenvalue weighted by molar-refractivity contribution is 0.584. The van der Waals surface area contributed by atoms with Gasteiger partial charge in [0.1, 0.15) is 0 Å². The molecule has 3 heteroatoms. The summed E-state index contributed by atoms with van der Waals surface area (Å²) in [7, 11) is 0. The molecule has 0 fully saturated rings. The van der Waals surface area contributed by atoms with E-state index in [1.807, 2.05) is 38.1 Å². The van der Waals surface area contributed by atoms with E-state index in [2.05, 4.69) is 18.9 Å². The molecule has 0 atom stereocenters. The van der Waals surface area contributed by atoms with Crippen LogP contribution in [0, 0.1) is 19.8 Å². The Kier molecular flexibility index (Phi) is 3.93. The van der Waals surface area contributed by atoms with Gasteiger partial charge in [-0.1, -0.05) is 31.5 Å². The van der Waals surface area contributed by atoms with E-state index in [0.29, 0.717) is 5.92 Å². The smallest absolute Gasteiger partial charge is 0.274 e. The van der Waals surface area contributed by atoms with Crippen molar-refractivity contribution in [3.63, 3.8) is 0 Å². The van der Waals surface area contributed by atoms with Gasteiger partial charge in [-0.2, -0.15) is 0 Å². The Morgan fingerprint density at radius 2 is 1.79 bits per heavy atom. The largest absolute Gasteiger partial charge is 0.295 e. The van der Waals surface area contributed by atoms with E-state index in [4.69, 9.17) is 0 Å². The Labute approximate surface area is 114 Å². The van der Waals surface area contributed by atoms with Crippen LogP contribution in [0.5, 0.6) is 0 Å². The van der Waals surface area contributed by atoms with Gasteiger partial charge in [0.05, 0.1) is 5.69 Å². The molecule has 1 N–H and O–H groups in total. The number of H-pyrrole nitrogens is 1. The number of nitrogens with zero attached hydrogens (tertiary/aromatic N) is 1. The minimum absolute atomic E-state index is 0.0852. The topological polar surface area (TPSA) is 37.8 Å². The van der Waals surface area contributed by atoms with Gasteiger partial charge in [-0.15, -0.1) is 0 Å². The van der Waals surface area contributed by atoms with Gasteiger partial charge in [0.15, 0.2) is 0 Å². The molecule has 3 nitrogen and oxygen atoms in total. The summed E-state index contributed by atoms with van der Waals surface area (Å²) < 4.78 is 1.64. The van der Waals surface area contributed by atoms with Crippen molar-refractivity contribution in [2.45, 2.75) is 40.5 Å². The Morgan fingerprint density at radius 1 is 1.16 bits per heavy atom. The van der Waals surface area contributed by atoms with Crippen molar-refractivity contribution in [3.05, 3.63) is 51.4 Å². The van der Waals surface area contributed by atoms with Crippen LogP contribution in [0.4, 0.5) is 0 Å². The summed E-state index contributed by atoms with van der Waals surface area (Å²) in [6.07, 6.45) is 1.89. The molecular formula is C16H22N2O. The van der Waals surface area contributed by atoms with Gasteiger partial charge in [-0.05, 0) is 44.7 Å². The molecule has 102 valence electrons. The van der Waals surface area contributed by atoms with Gasteiger partial charge in [-0.25, -0.2) is 4.68 Å². The lowest BCUT2D eigenvalue weighted by Crippen LogP contribution is -2.17. The molecule has 19 heavy (non-hydrogen) atoms. The highest BCUT2D eigenvalue weighted by Gasteiger charge is 2.12. The van der Waals surface area contributed by atoms with Crippen molar-refractivity contribution >= 4 is 0 Å². The number of aromatic amines is 1. The van der Waals surface area contributed by atoms with E-state index in [0.717, 1.165) is 29.8 Å². The molecule has 2 aromatic rings. The summed E-state index contributed by atoms with van der Waals surface area (Å²) in [5, 5.41) is 3.18. The number of aromatic nitrogens is 2. The molecule has 1 aromatic carbocycles. The molecular weight excluding hydrogens is 236 g/mol. The molecule has 0 unspecified atom stereocenters. The summed E-state index contributed by atoms with van der Waals surface area (Å²) in [6.45, 7) is 8.38. The predicted molar refractivity (Wildman–Crippen MR) is 79.0 cm³/mol. The fourth-order valence-corrected chi connectivity index (χ4v) is 2.18. The third-order valence-electron chi connectivity index (χ3n) is 3.46. The molecule has 0 saturated carbocycles. The van der Waals surface area contributed by atoms with Gasteiger partial charge < -0.3 is 0 Å². The van der Waals surface area contributed by atoms with Crippen molar-refractivity contribution in [3.8, 4) is 5.69 Å². The average Bonchev–Trinajstić information content (AvgIpc) is 2.63. The number of hydrogen-bond donors (Lipinski definition) is 1. The second kappa shape index (κ2) is 5.47. The first-order valence-corrected chi connectivity index (χ1v) is 6.86. The molecule has 0 spiro atoms. The molecule has 0 radical (unpaired) electrons. The molecule has 0 aliphatic carbocycles. The van der Waals surface area contributed by atoms with Crippen molar-refractivity contribution in [1.82, 2.24) is 9.78 Å². The third kappa shape index (κ3) is 2.98. The van der Waals surface area contributed by atoms with Gasteiger partial charge in [0.25, 0.3) is 5.56 Å². The van der Waals surface area contributed by atoms with Crippen molar-refractivity contribution < 1.29 is 0 Å². The minimum atomic E-state index is 0.0852. The second-order valence-corrected chi connectivity index (χ2v) is 5.62. The fraction of sp³-hybridized carbons (Fsp3) is 0.438. The maximum absolute atomic E-state index is 12.4. The van der Waals surface area contributed by atoms with Crippen LogP contribution < -0.4 is 5.56 Å². The zero-order valence-corrected chi connectivity index (χ0v) is 12.2. The van der Waals surface area contributed by atoms with E-state index < -0.39 is 0 Å². The van der Waals surface area contributed by atoms with E-state index >= 15 is 0 Å². The minimum Gasteiger partial charge on any atom is -0.295 e. The van der Waals surface area contributed by atoms with Gasteiger partial charge in [0, 0.05) is 11.3 Å². The molecule has 0 bridgehead atoms. The van der Waals surface area contributed by atoms with E-state index in [-0.39, 0.29) is 5.56 Å². The maximum Gasteiger partial charge on any atom is 0.274 e. The first-order valence-electron chi connectivity index (χ1n) is 6.86. The van der Waals surface area contributed by atoms with Crippen LogP contribution in [-0.4, -0.2) is 9.78 Å². The number of hydrogen-bond acceptors (Lipinski definition) is 1. The van der Waals surface area contributed by atoms with Gasteiger partial charge >= 0.3 is 0 Å². The number of nitrogens with one attached hydrogen (secondary N) is 1. The molecule has 0 saturated heterocycles. The Bertz CT molecular complexity index is 603. The number of aryl methyl sites for hydroxylation is 2. The first-order chi connectivity index (χ1) is 8.99. The zero-order chi connectivity index (χ0) is 14.0. The molecule has 1 heterocycles. The van der Waals surface area contributed by atoms with Crippen LogP contribution in [0.1, 0.15) is 37.1 Å². The van der Waals surface area contributed by atoms with Crippen LogP contribution >= 0.6 is 0 Å². The summed E-state index contributed by atoms with van der Waals surface area (Å²) in [6, 6.07) is 7.98. The monoisotopic (exact) mass is 258 g/mol. The fourth-order valence-electron chi connectivity index (χ4n) is 2.18. The molecule has 2 rings (SSSR count). The molecule has 0 aliphatic rings. The maximum atomic E-state index is 12.4. The molecule has 0 amide bonds. The second-order valence-electron chi connectivity index (χ2n) is 5.62. The average molecular weight is 258 g/mol. The third-order valence-corrected chi connectivity index (χ3v) is 3.46. The quantitative estimate of drug-likeness (QED) is 0.897. The van der Waals surface area contributed by atoms with E-state index in [9.17, 15) is 4.79 Å². The zero-order valence-electron chi connectivity index (χ0n) is 12.2.